The summed E-state index contributed by atoms with van der Waals surface area (Å²) in [6.45, 7) is 6.50. The van der Waals surface area contributed by atoms with Gasteiger partial charge in [-0.2, -0.15) is 0 Å². The first kappa shape index (κ1) is 19.8. The Hall–Kier alpha value is -2.25. The van der Waals surface area contributed by atoms with Crippen molar-refractivity contribution in [1.29, 1.82) is 0 Å². The molecule has 8 heteroatoms. The maximum Gasteiger partial charge on any atom is 0.573 e. The third-order valence-electron chi connectivity index (χ3n) is 3.27. The quantitative estimate of drug-likeness (QED) is 0.776. The number of aldehydes is 1. The number of benzene rings is 1. The van der Waals surface area contributed by atoms with Gasteiger partial charge in [-0.05, 0) is 45.4 Å². The summed E-state index contributed by atoms with van der Waals surface area (Å²) < 4.78 is 45.6. The molecule has 1 aromatic rings. The van der Waals surface area contributed by atoms with Crippen molar-refractivity contribution in [2.45, 2.75) is 45.2 Å². The molecule has 1 atom stereocenters. The number of hydrogen-bond acceptors (Lipinski definition) is 4. The number of amides is 1. The first-order valence-electron chi connectivity index (χ1n) is 7.08. The van der Waals surface area contributed by atoms with Crippen molar-refractivity contribution in [3.63, 3.8) is 0 Å². The first-order valence-corrected chi connectivity index (χ1v) is 7.08. The van der Waals surface area contributed by atoms with E-state index in [9.17, 15) is 22.8 Å². The van der Waals surface area contributed by atoms with E-state index >= 15 is 0 Å². The number of ether oxygens (including phenoxy) is 2. The van der Waals surface area contributed by atoms with Crippen LogP contribution in [0, 0.1) is 0 Å². The highest BCUT2D eigenvalue weighted by Crippen LogP contribution is 2.30. The Balaban J connectivity index is 3.05. The molecule has 134 valence electrons. The third kappa shape index (κ3) is 5.14. The maximum atomic E-state index is 12.2. The Morgan fingerprint density at radius 3 is 1.96 bits per heavy atom. The lowest BCUT2D eigenvalue weighted by molar-refractivity contribution is -0.274. The molecule has 0 aromatic heterocycles. The van der Waals surface area contributed by atoms with Crippen molar-refractivity contribution in [2.75, 3.05) is 7.05 Å². The molecule has 0 fully saturated rings. The summed E-state index contributed by atoms with van der Waals surface area (Å²) in [5.41, 5.74) is -1.83. The molecule has 0 saturated carbocycles. The van der Waals surface area contributed by atoms with Crippen LogP contribution >= 0.6 is 0 Å². The third-order valence-corrected chi connectivity index (χ3v) is 3.27. The molecular formula is C16H20F3NO4. The van der Waals surface area contributed by atoms with E-state index < -0.39 is 29.3 Å². The van der Waals surface area contributed by atoms with Gasteiger partial charge in [0.2, 0.25) is 0 Å². The van der Waals surface area contributed by atoms with E-state index in [2.05, 4.69) is 4.74 Å². The van der Waals surface area contributed by atoms with Gasteiger partial charge in [0.1, 0.15) is 23.2 Å². The minimum atomic E-state index is -4.80. The van der Waals surface area contributed by atoms with E-state index in [4.69, 9.17) is 4.74 Å². The lowest BCUT2D eigenvalue weighted by Gasteiger charge is -2.35. The summed E-state index contributed by atoms with van der Waals surface area (Å²) in [4.78, 5) is 24.8. The molecule has 0 N–H and O–H groups in total. The van der Waals surface area contributed by atoms with Gasteiger partial charge >= 0.3 is 12.5 Å². The molecule has 0 bridgehead atoms. The highest BCUT2D eigenvalue weighted by atomic mass is 19.4. The van der Waals surface area contributed by atoms with Crippen molar-refractivity contribution in [2.24, 2.45) is 0 Å². The second-order valence-corrected chi connectivity index (χ2v) is 6.38. The molecule has 0 aliphatic carbocycles. The van der Waals surface area contributed by atoms with Gasteiger partial charge in [-0.15, -0.1) is 13.2 Å². The molecule has 1 aromatic carbocycles. The zero-order valence-electron chi connectivity index (χ0n) is 14.1. The normalized spacial score (nSPS) is 14.5. The Kier molecular flexibility index (Phi) is 5.53. The number of rotatable bonds is 4. The van der Waals surface area contributed by atoms with Crippen LogP contribution in [0.15, 0.2) is 24.3 Å². The van der Waals surface area contributed by atoms with Gasteiger partial charge in [-0.1, -0.05) is 12.1 Å². The van der Waals surface area contributed by atoms with Crippen molar-refractivity contribution in [1.82, 2.24) is 4.90 Å². The summed E-state index contributed by atoms with van der Waals surface area (Å²) in [7, 11) is 1.38. The molecule has 1 unspecified atom stereocenters. The van der Waals surface area contributed by atoms with E-state index in [1.165, 1.54) is 26.1 Å². The monoisotopic (exact) mass is 347 g/mol. The van der Waals surface area contributed by atoms with Crippen molar-refractivity contribution in [3.05, 3.63) is 29.8 Å². The second-order valence-electron chi connectivity index (χ2n) is 6.38. The molecule has 5 nitrogen and oxygen atoms in total. The topological polar surface area (TPSA) is 55.8 Å². The minimum Gasteiger partial charge on any atom is -0.444 e. The van der Waals surface area contributed by atoms with Gasteiger partial charge in [0.25, 0.3) is 0 Å². The van der Waals surface area contributed by atoms with Gasteiger partial charge in [0.15, 0.2) is 0 Å². The first-order chi connectivity index (χ1) is 10.8. The van der Waals surface area contributed by atoms with Crippen LogP contribution in [0.4, 0.5) is 18.0 Å². The molecule has 0 aliphatic heterocycles. The predicted molar refractivity (Wildman–Crippen MR) is 80.5 cm³/mol. The van der Waals surface area contributed by atoms with Crippen molar-refractivity contribution in [3.8, 4) is 5.75 Å². The standard InChI is InChI=1S/C16H20F3NO4/c1-14(2,3)24-13(22)20(5)15(4,10-21)11-6-8-12(9-7-11)23-16(17,18)19/h6-10H,1-5H3. The van der Waals surface area contributed by atoms with E-state index in [1.807, 2.05) is 0 Å². The van der Waals surface area contributed by atoms with Crippen LogP contribution in [0.5, 0.6) is 5.75 Å². The second kappa shape index (κ2) is 6.70. The van der Waals surface area contributed by atoms with Gasteiger partial charge in [0, 0.05) is 7.05 Å². The van der Waals surface area contributed by atoms with Crippen LogP contribution in [0.3, 0.4) is 0 Å². The van der Waals surface area contributed by atoms with Crippen LogP contribution < -0.4 is 4.74 Å². The van der Waals surface area contributed by atoms with Crippen LogP contribution in [0.25, 0.3) is 0 Å². The molecule has 0 spiro atoms. The summed E-state index contributed by atoms with van der Waals surface area (Å²) >= 11 is 0. The summed E-state index contributed by atoms with van der Waals surface area (Å²) in [5.74, 6) is -0.417. The average Bonchev–Trinajstić information content (AvgIpc) is 2.43. The van der Waals surface area contributed by atoms with E-state index in [0.29, 0.717) is 11.8 Å². The van der Waals surface area contributed by atoms with Crippen LogP contribution in [0.1, 0.15) is 33.3 Å². The SMILES string of the molecule is CN(C(=O)OC(C)(C)C)C(C)(C=O)c1ccc(OC(F)(F)F)cc1. The Labute approximate surface area is 138 Å². The number of alkyl halides is 3. The Morgan fingerprint density at radius 2 is 1.58 bits per heavy atom. The average molecular weight is 347 g/mol. The highest BCUT2D eigenvalue weighted by molar-refractivity contribution is 5.78. The number of halogens is 3. The van der Waals surface area contributed by atoms with E-state index in [1.54, 1.807) is 20.8 Å². The lowest BCUT2D eigenvalue weighted by atomic mass is 9.92. The number of hydrogen-bond donors (Lipinski definition) is 0. The predicted octanol–water partition coefficient (Wildman–Crippen LogP) is 3.87. The molecule has 0 aliphatic rings. The number of carbonyl (C=O) groups excluding carboxylic acids is 2. The van der Waals surface area contributed by atoms with E-state index in [-0.39, 0.29) is 0 Å². The zero-order chi connectivity index (χ0) is 18.8. The number of carbonyl (C=O) groups is 2. The van der Waals surface area contributed by atoms with E-state index in [0.717, 1.165) is 17.0 Å². The maximum absolute atomic E-state index is 12.2. The van der Waals surface area contributed by atoms with Crippen molar-refractivity contribution < 1.29 is 32.2 Å². The van der Waals surface area contributed by atoms with Crippen LogP contribution in [0.2, 0.25) is 0 Å². The molecule has 1 amide bonds. The van der Waals surface area contributed by atoms with Crippen LogP contribution in [-0.2, 0) is 15.1 Å². The fraction of sp³-hybridized carbons (Fsp3) is 0.500. The van der Waals surface area contributed by atoms with Gasteiger partial charge in [-0.3, -0.25) is 4.90 Å². The molecule has 0 saturated heterocycles. The molecule has 0 radical (unpaired) electrons. The Morgan fingerprint density at radius 1 is 1.08 bits per heavy atom. The summed E-state index contributed by atoms with van der Waals surface area (Å²) in [6, 6.07) is 4.73. The number of nitrogens with zero attached hydrogens (tertiary/aromatic N) is 1. The zero-order valence-corrected chi connectivity index (χ0v) is 14.1. The fourth-order valence-electron chi connectivity index (χ4n) is 1.85. The summed E-state index contributed by atoms with van der Waals surface area (Å²) in [5, 5.41) is 0. The lowest BCUT2D eigenvalue weighted by Crippen LogP contribution is -2.48. The summed E-state index contributed by atoms with van der Waals surface area (Å²) in [6.07, 6.45) is -5.01. The smallest absolute Gasteiger partial charge is 0.444 e. The molecular weight excluding hydrogens is 327 g/mol. The van der Waals surface area contributed by atoms with Gasteiger partial charge < -0.3 is 14.3 Å². The molecule has 1 rings (SSSR count). The highest BCUT2D eigenvalue weighted by Gasteiger charge is 2.37. The van der Waals surface area contributed by atoms with Gasteiger partial charge in [0.05, 0.1) is 0 Å². The molecule has 24 heavy (non-hydrogen) atoms. The minimum absolute atomic E-state index is 0.320. The Bertz CT molecular complexity index is 593. The van der Waals surface area contributed by atoms with Gasteiger partial charge in [-0.25, -0.2) is 4.79 Å². The van der Waals surface area contributed by atoms with Crippen LogP contribution in [-0.4, -0.2) is 36.3 Å². The molecule has 0 heterocycles. The van der Waals surface area contributed by atoms with Crippen molar-refractivity contribution >= 4 is 12.4 Å². The largest absolute Gasteiger partial charge is 0.573 e. The number of likely N-dealkylation sites (N-methyl/N-ethyl adjacent to an activating group) is 1. The fourth-order valence-corrected chi connectivity index (χ4v) is 1.85.